The van der Waals surface area contributed by atoms with E-state index in [4.69, 9.17) is 4.74 Å². The van der Waals surface area contributed by atoms with E-state index >= 15 is 0 Å². The largest absolute Gasteiger partial charge is 0.484 e. The summed E-state index contributed by atoms with van der Waals surface area (Å²) in [5.74, 6) is 0.571. The van der Waals surface area contributed by atoms with Gasteiger partial charge >= 0.3 is 0 Å². The van der Waals surface area contributed by atoms with Crippen LogP contribution in [-0.2, 0) is 17.9 Å². The van der Waals surface area contributed by atoms with Crippen LogP contribution >= 0.6 is 15.9 Å². The number of rotatable bonds is 7. The third kappa shape index (κ3) is 6.15. The van der Waals surface area contributed by atoms with Gasteiger partial charge in [-0.2, -0.15) is 0 Å². The lowest BCUT2D eigenvalue weighted by Gasteiger charge is -2.26. The van der Waals surface area contributed by atoms with E-state index in [9.17, 15) is 4.79 Å². The first-order valence-corrected chi connectivity index (χ1v) is 9.93. The van der Waals surface area contributed by atoms with Gasteiger partial charge in [0, 0.05) is 17.6 Å². The number of likely N-dealkylation sites (tertiary alicyclic amines) is 1. The van der Waals surface area contributed by atoms with Gasteiger partial charge < -0.3 is 10.1 Å². The van der Waals surface area contributed by atoms with Crippen LogP contribution in [0.25, 0.3) is 0 Å². The standard InChI is InChI=1S/C21H25BrN2O2/c22-19-7-9-20(10-8-19)26-16-21(25)23-14-17-5-4-6-18(13-17)15-24-11-2-1-3-12-24/h4-10,13H,1-3,11-12,14-16H2,(H,23,25). The highest BCUT2D eigenvalue weighted by molar-refractivity contribution is 9.10. The fourth-order valence-corrected chi connectivity index (χ4v) is 3.41. The molecule has 3 rings (SSSR count). The molecule has 26 heavy (non-hydrogen) atoms. The van der Waals surface area contributed by atoms with Crippen molar-refractivity contribution in [2.24, 2.45) is 0 Å². The van der Waals surface area contributed by atoms with Gasteiger partial charge in [-0.25, -0.2) is 0 Å². The number of nitrogens with one attached hydrogen (secondary N) is 1. The van der Waals surface area contributed by atoms with Crippen molar-refractivity contribution in [1.29, 1.82) is 0 Å². The number of ether oxygens (including phenoxy) is 1. The number of hydrogen-bond donors (Lipinski definition) is 1. The van der Waals surface area contributed by atoms with Crippen molar-refractivity contribution < 1.29 is 9.53 Å². The Morgan fingerprint density at radius 1 is 1.04 bits per heavy atom. The first-order chi connectivity index (χ1) is 12.7. The maximum absolute atomic E-state index is 12.0. The van der Waals surface area contributed by atoms with Gasteiger partial charge in [0.05, 0.1) is 0 Å². The first-order valence-electron chi connectivity index (χ1n) is 9.14. The quantitative estimate of drug-likeness (QED) is 0.737. The third-order valence-corrected chi connectivity index (χ3v) is 5.05. The summed E-state index contributed by atoms with van der Waals surface area (Å²) in [7, 11) is 0. The summed E-state index contributed by atoms with van der Waals surface area (Å²) in [4.78, 5) is 14.5. The molecule has 1 saturated heterocycles. The monoisotopic (exact) mass is 416 g/mol. The molecule has 1 N–H and O–H groups in total. The summed E-state index contributed by atoms with van der Waals surface area (Å²) in [6.45, 7) is 3.92. The van der Waals surface area contributed by atoms with Crippen molar-refractivity contribution in [2.45, 2.75) is 32.4 Å². The zero-order valence-corrected chi connectivity index (χ0v) is 16.5. The van der Waals surface area contributed by atoms with Crippen LogP contribution in [0.5, 0.6) is 5.75 Å². The van der Waals surface area contributed by atoms with Crippen LogP contribution in [0, 0.1) is 0 Å². The number of amides is 1. The molecule has 1 aliphatic heterocycles. The highest BCUT2D eigenvalue weighted by Crippen LogP contribution is 2.16. The van der Waals surface area contributed by atoms with Gasteiger partial charge in [0.2, 0.25) is 0 Å². The highest BCUT2D eigenvalue weighted by Gasteiger charge is 2.10. The molecule has 2 aromatic rings. The van der Waals surface area contributed by atoms with E-state index in [1.165, 1.54) is 37.9 Å². The van der Waals surface area contributed by atoms with Gasteiger partial charge in [0.15, 0.2) is 6.61 Å². The molecule has 4 nitrogen and oxygen atoms in total. The number of carbonyl (C=O) groups is 1. The van der Waals surface area contributed by atoms with Gasteiger partial charge in [-0.15, -0.1) is 0 Å². The zero-order valence-electron chi connectivity index (χ0n) is 14.9. The van der Waals surface area contributed by atoms with E-state index in [1.807, 2.05) is 24.3 Å². The molecule has 0 spiro atoms. The minimum Gasteiger partial charge on any atom is -0.484 e. The number of piperidine rings is 1. The maximum atomic E-state index is 12.0. The van der Waals surface area contributed by atoms with E-state index in [0.29, 0.717) is 12.3 Å². The molecule has 0 unspecified atom stereocenters. The topological polar surface area (TPSA) is 41.6 Å². The molecule has 0 bridgehead atoms. The van der Waals surface area contributed by atoms with Crippen molar-refractivity contribution >= 4 is 21.8 Å². The molecule has 0 saturated carbocycles. The number of carbonyl (C=O) groups excluding carboxylic acids is 1. The number of halogens is 1. The molecule has 0 aromatic heterocycles. The van der Waals surface area contributed by atoms with E-state index in [1.54, 1.807) is 0 Å². The summed E-state index contributed by atoms with van der Waals surface area (Å²) in [6.07, 6.45) is 3.95. The molecule has 0 atom stereocenters. The summed E-state index contributed by atoms with van der Waals surface area (Å²) in [5, 5.41) is 2.92. The number of nitrogens with zero attached hydrogens (tertiary/aromatic N) is 1. The minimum absolute atomic E-state index is 0.0229. The predicted octanol–water partition coefficient (Wildman–Crippen LogP) is 4.13. The van der Waals surface area contributed by atoms with Gasteiger partial charge in [-0.3, -0.25) is 9.69 Å². The van der Waals surface area contributed by atoms with Crippen molar-refractivity contribution in [1.82, 2.24) is 10.2 Å². The second-order valence-corrected chi connectivity index (χ2v) is 7.59. The maximum Gasteiger partial charge on any atom is 0.258 e. The van der Waals surface area contributed by atoms with Gasteiger partial charge in [0.1, 0.15) is 5.75 Å². The molecule has 2 aromatic carbocycles. The number of benzene rings is 2. The van der Waals surface area contributed by atoms with E-state index < -0.39 is 0 Å². The van der Waals surface area contributed by atoms with E-state index in [0.717, 1.165) is 16.6 Å². The fourth-order valence-electron chi connectivity index (χ4n) is 3.15. The number of hydrogen-bond acceptors (Lipinski definition) is 3. The summed E-state index contributed by atoms with van der Waals surface area (Å²) in [5.41, 5.74) is 2.43. The predicted molar refractivity (Wildman–Crippen MR) is 107 cm³/mol. The molecule has 1 heterocycles. The Balaban J connectivity index is 1.44. The zero-order chi connectivity index (χ0) is 18.2. The SMILES string of the molecule is O=C(COc1ccc(Br)cc1)NCc1cccc(CN2CCCCC2)c1. The van der Waals surface area contributed by atoms with Crippen LogP contribution in [0.3, 0.4) is 0 Å². The molecule has 1 amide bonds. The normalized spacial score (nSPS) is 14.8. The Morgan fingerprint density at radius 3 is 2.54 bits per heavy atom. The van der Waals surface area contributed by atoms with Crippen LogP contribution in [0.1, 0.15) is 30.4 Å². The average molecular weight is 417 g/mol. The molecule has 1 aliphatic rings. The highest BCUT2D eigenvalue weighted by atomic mass is 79.9. The van der Waals surface area contributed by atoms with Crippen molar-refractivity contribution in [2.75, 3.05) is 19.7 Å². The van der Waals surface area contributed by atoms with Crippen LogP contribution < -0.4 is 10.1 Å². The lowest BCUT2D eigenvalue weighted by atomic mass is 10.1. The summed E-state index contributed by atoms with van der Waals surface area (Å²) in [6, 6.07) is 15.9. The van der Waals surface area contributed by atoms with Crippen LogP contribution in [0.2, 0.25) is 0 Å². The van der Waals surface area contributed by atoms with Crippen molar-refractivity contribution in [3.63, 3.8) is 0 Å². The fraction of sp³-hybridized carbons (Fsp3) is 0.381. The average Bonchev–Trinajstić information content (AvgIpc) is 2.67. The Labute approximate surface area is 163 Å². The second kappa shape index (κ2) is 9.74. The van der Waals surface area contributed by atoms with Crippen molar-refractivity contribution in [3.05, 3.63) is 64.1 Å². The van der Waals surface area contributed by atoms with Gasteiger partial charge in [-0.05, 0) is 61.3 Å². The molecule has 1 fully saturated rings. The van der Waals surface area contributed by atoms with Crippen molar-refractivity contribution in [3.8, 4) is 5.75 Å². The Bertz CT molecular complexity index is 712. The molecular weight excluding hydrogens is 392 g/mol. The Hall–Kier alpha value is -1.85. The lowest BCUT2D eigenvalue weighted by molar-refractivity contribution is -0.123. The molecule has 0 radical (unpaired) electrons. The minimum atomic E-state index is -0.116. The lowest BCUT2D eigenvalue weighted by Crippen LogP contribution is -2.29. The Morgan fingerprint density at radius 2 is 1.77 bits per heavy atom. The van der Waals surface area contributed by atoms with Gasteiger partial charge in [-0.1, -0.05) is 46.6 Å². The van der Waals surface area contributed by atoms with E-state index in [2.05, 4.69) is 50.4 Å². The van der Waals surface area contributed by atoms with Crippen LogP contribution in [-0.4, -0.2) is 30.5 Å². The molecule has 5 heteroatoms. The Kier molecular flexibility index (Phi) is 7.09. The first kappa shape index (κ1) is 18.9. The summed E-state index contributed by atoms with van der Waals surface area (Å²) >= 11 is 3.38. The van der Waals surface area contributed by atoms with Crippen LogP contribution in [0.4, 0.5) is 0 Å². The van der Waals surface area contributed by atoms with Gasteiger partial charge in [0.25, 0.3) is 5.91 Å². The second-order valence-electron chi connectivity index (χ2n) is 6.68. The van der Waals surface area contributed by atoms with Crippen LogP contribution in [0.15, 0.2) is 53.0 Å². The third-order valence-electron chi connectivity index (χ3n) is 4.52. The molecule has 138 valence electrons. The molecule has 0 aliphatic carbocycles. The van der Waals surface area contributed by atoms with E-state index in [-0.39, 0.29) is 12.5 Å². The summed E-state index contributed by atoms with van der Waals surface area (Å²) < 4.78 is 6.48. The molecular formula is C21H25BrN2O2. The smallest absolute Gasteiger partial charge is 0.258 e.